The summed E-state index contributed by atoms with van der Waals surface area (Å²) in [5.41, 5.74) is 0.840. The normalized spacial score (nSPS) is 14.4. The van der Waals surface area contributed by atoms with Gasteiger partial charge < -0.3 is 19.5 Å². The van der Waals surface area contributed by atoms with Crippen LogP contribution in [0.5, 0.6) is 0 Å². The number of carboxylic acid groups (broad SMARTS) is 1. The van der Waals surface area contributed by atoms with E-state index in [4.69, 9.17) is 9.47 Å². The first-order valence-corrected chi connectivity index (χ1v) is 8.10. The third-order valence-corrected chi connectivity index (χ3v) is 3.64. The second-order valence-corrected chi connectivity index (χ2v) is 6.65. The number of hydrogen-bond donors (Lipinski definition) is 1. The van der Waals surface area contributed by atoms with Gasteiger partial charge in [0.05, 0.1) is 19.7 Å². The lowest BCUT2D eigenvalue weighted by molar-refractivity contribution is 0.0220. The van der Waals surface area contributed by atoms with Crippen LogP contribution in [-0.4, -0.2) is 57.2 Å². The van der Waals surface area contributed by atoms with Crippen molar-refractivity contribution >= 4 is 12.1 Å². The molecule has 24 heavy (non-hydrogen) atoms. The van der Waals surface area contributed by atoms with Crippen molar-refractivity contribution in [1.29, 1.82) is 0 Å². The molecular formula is C16H25N3O5. The number of carboxylic acids is 1. The van der Waals surface area contributed by atoms with Crippen molar-refractivity contribution in [3.05, 3.63) is 17.0 Å². The number of aromatic carboxylic acids is 1. The van der Waals surface area contributed by atoms with E-state index in [1.165, 1.54) is 4.90 Å². The van der Waals surface area contributed by atoms with Crippen LogP contribution >= 0.6 is 0 Å². The molecule has 0 unspecified atom stereocenters. The molecule has 0 saturated heterocycles. The highest BCUT2D eigenvalue weighted by Crippen LogP contribution is 2.24. The molecular weight excluding hydrogens is 314 g/mol. The highest BCUT2D eigenvalue weighted by Gasteiger charge is 2.31. The Balaban J connectivity index is 2.20. The first kappa shape index (κ1) is 18.3. The lowest BCUT2D eigenvalue weighted by atomic mass is 10.1. The van der Waals surface area contributed by atoms with Crippen molar-refractivity contribution in [2.45, 2.75) is 52.8 Å². The topological polar surface area (TPSA) is 93.9 Å². The molecule has 134 valence electrons. The molecule has 8 heteroatoms. The van der Waals surface area contributed by atoms with Gasteiger partial charge >= 0.3 is 12.1 Å². The molecule has 2 heterocycles. The number of ether oxygens (including phenoxy) is 2. The van der Waals surface area contributed by atoms with Crippen molar-refractivity contribution in [2.24, 2.45) is 0 Å². The molecule has 0 spiro atoms. The maximum atomic E-state index is 12.2. The van der Waals surface area contributed by atoms with Gasteiger partial charge in [-0.2, -0.15) is 5.10 Å². The maximum Gasteiger partial charge on any atom is 0.410 e. The van der Waals surface area contributed by atoms with Gasteiger partial charge in [0.15, 0.2) is 5.69 Å². The predicted octanol–water partition coefficient (Wildman–Crippen LogP) is 1.91. The monoisotopic (exact) mass is 339 g/mol. The quantitative estimate of drug-likeness (QED) is 0.824. The van der Waals surface area contributed by atoms with Crippen LogP contribution in [0, 0.1) is 0 Å². The molecule has 0 atom stereocenters. The average molecular weight is 339 g/mol. The van der Waals surface area contributed by atoms with E-state index in [1.54, 1.807) is 25.5 Å². The van der Waals surface area contributed by atoms with Gasteiger partial charge in [-0.3, -0.25) is 4.68 Å². The summed E-state index contributed by atoms with van der Waals surface area (Å²) < 4.78 is 12.4. The van der Waals surface area contributed by atoms with Crippen LogP contribution in [0.25, 0.3) is 0 Å². The molecule has 1 aromatic heterocycles. The summed E-state index contributed by atoms with van der Waals surface area (Å²) in [6.45, 7) is 9.54. The van der Waals surface area contributed by atoms with E-state index < -0.39 is 17.7 Å². The van der Waals surface area contributed by atoms with Crippen LogP contribution in [0.2, 0.25) is 0 Å². The number of fused-ring (bicyclic) bond motifs is 1. The zero-order valence-corrected chi connectivity index (χ0v) is 14.7. The highest BCUT2D eigenvalue weighted by atomic mass is 16.6. The van der Waals surface area contributed by atoms with Gasteiger partial charge in [-0.05, 0) is 27.7 Å². The Labute approximate surface area is 141 Å². The number of aromatic nitrogens is 2. The van der Waals surface area contributed by atoms with E-state index in [9.17, 15) is 14.7 Å². The zero-order valence-electron chi connectivity index (χ0n) is 14.7. The van der Waals surface area contributed by atoms with E-state index in [1.807, 2.05) is 6.92 Å². The van der Waals surface area contributed by atoms with Crippen LogP contribution in [0.1, 0.15) is 49.4 Å². The summed E-state index contributed by atoms with van der Waals surface area (Å²) in [4.78, 5) is 25.2. The molecule has 0 bridgehead atoms. The Morgan fingerprint density at radius 2 is 2.04 bits per heavy atom. The zero-order chi connectivity index (χ0) is 17.9. The average Bonchev–Trinajstić information content (AvgIpc) is 2.84. The number of hydrogen-bond acceptors (Lipinski definition) is 5. The van der Waals surface area contributed by atoms with Gasteiger partial charge in [-0.1, -0.05) is 0 Å². The predicted molar refractivity (Wildman–Crippen MR) is 86.0 cm³/mol. The van der Waals surface area contributed by atoms with Gasteiger partial charge in [0, 0.05) is 30.8 Å². The highest BCUT2D eigenvalue weighted by molar-refractivity contribution is 5.87. The largest absolute Gasteiger partial charge is 0.476 e. The van der Waals surface area contributed by atoms with Gasteiger partial charge in [-0.25, -0.2) is 9.59 Å². The summed E-state index contributed by atoms with van der Waals surface area (Å²) in [7, 11) is 0. The molecule has 1 aliphatic rings. The van der Waals surface area contributed by atoms with Crippen LogP contribution in [0.15, 0.2) is 0 Å². The third kappa shape index (κ3) is 4.25. The van der Waals surface area contributed by atoms with Crippen molar-refractivity contribution in [3.8, 4) is 0 Å². The summed E-state index contributed by atoms with van der Waals surface area (Å²) in [6.07, 6.45) is 0.104. The van der Waals surface area contributed by atoms with Crippen LogP contribution in [0.3, 0.4) is 0 Å². The number of carbonyl (C=O) groups excluding carboxylic acids is 1. The minimum atomic E-state index is -1.09. The van der Waals surface area contributed by atoms with Crippen LogP contribution in [-0.2, 0) is 29.0 Å². The van der Waals surface area contributed by atoms with Gasteiger partial charge in [-0.15, -0.1) is 0 Å². The maximum absolute atomic E-state index is 12.2. The molecule has 1 amide bonds. The minimum absolute atomic E-state index is 0.00485. The second kappa shape index (κ2) is 7.21. The third-order valence-electron chi connectivity index (χ3n) is 3.64. The summed E-state index contributed by atoms with van der Waals surface area (Å²) in [6, 6.07) is 0. The fraction of sp³-hybridized carbons (Fsp3) is 0.688. The van der Waals surface area contributed by atoms with Crippen molar-refractivity contribution in [2.75, 3.05) is 19.8 Å². The Bertz CT molecular complexity index is 618. The molecule has 1 aliphatic heterocycles. The number of amides is 1. The van der Waals surface area contributed by atoms with Gasteiger partial charge in [0.25, 0.3) is 0 Å². The van der Waals surface area contributed by atoms with Crippen LogP contribution in [0.4, 0.5) is 4.79 Å². The van der Waals surface area contributed by atoms with Crippen LogP contribution < -0.4 is 0 Å². The number of nitrogens with zero attached hydrogens (tertiary/aromatic N) is 3. The molecule has 1 N–H and O–H groups in total. The molecule has 0 saturated carbocycles. The molecule has 0 fully saturated rings. The van der Waals surface area contributed by atoms with Gasteiger partial charge in [0.2, 0.25) is 0 Å². The Hall–Kier alpha value is -2.09. The molecule has 8 nitrogen and oxygen atoms in total. The van der Waals surface area contributed by atoms with E-state index in [0.29, 0.717) is 38.3 Å². The van der Waals surface area contributed by atoms with Gasteiger partial charge in [0.1, 0.15) is 5.60 Å². The number of rotatable bonds is 5. The Morgan fingerprint density at radius 1 is 1.33 bits per heavy atom. The molecule has 0 radical (unpaired) electrons. The standard InChI is InChI=1S/C16H25N3O5/c1-5-23-9-8-19-12-6-7-18(15(22)24-16(2,3)4)10-11(12)13(17-19)14(20)21/h5-10H2,1-4H3,(H,20,21). The smallest absolute Gasteiger partial charge is 0.410 e. The fourth-order valence-electron chi connectivity index (χ4n) is 2.63. The van der Waals surface area contributed by atoms with E-state index >= 15 is 0 Å². The molecule has 0 aliphatic carbocycles. The number of carbonyl (C=O) groups is 2. The Morgan fingerprint density at radius 3 is 2.62 bits per heavy atom. The Kier molecular flexibility index (Phi) is 5.48. The second-order valence-electron chi connectivity index (χ2n) is 6.65. The first-order chi connectivity index (χ1) is 11.2. The van der Waals surface area contributed by atoms with E-state index in [-0.39, 0.29) is 12.2 Å². The summed E-state index contributed by atoms with van der Waals surface area (Å²) in [5.74, 6) is -1.09. The molecule has 2 rings (SSSR count). The van der Waals surface area contributed by atoms with Crippen molar-refractivity contribution in [1.82, 2.24) is 14.7 Å². The minimum Gasteiger partial charge on any atom is -0.476 e. The molecule has 1 aromatic rings. The van der Waals surface area contributed by atoms with Crippen molar-refractivity contribution in [3.63, 3.8) is 0 Å². The van der Waals surface area contributed by atoms with E-state index in [0.717, 1.165) is 5.69 Å². The lowest BCUT2D eigenvalue weighted by Gasteiger charge is -2.30. The van der Waals surface area contributed by atoms with Crippen molar-refractivity contribution < 1.29 is 24.2 Å². The summed E-state index contributed by atoms with van der Waals surface area (Å²) in [5, 5.41) is 13.6. The summed E-state index contributed by atoms with van der Waals surface area (Å²) >= 11 is 0. The van der Waals surface area contributed by atoms with E-state index in [2.05, 4.69) is 5.10 Å². The lowest BCUT2D eigenvalue weighted by Crippen LogP contribution is -2.40. The fourth-order valence-corrected chi connectivity index (χ4v) is 2.63. The SMILES string of the molecule is CCOCCn1nc(C(=O)O)c2c1CCN(C(=O)OC(C)(C)C)C2. The first-order valence-electron chi connectivity index (χ1n) is 8.10. The molecule has 0 aromatic carbocycles.